The van der Waals surface area contributed by atoms with Crippen molar-refractivity contribution in [1.82, 2.24) is 0 Å². The molecule has 72 valence electrons. The predicted molar refractivity (Wildman–Crippen MR) is 55.8 cm³/mol. The molecule has 2 rings (SSSR count). The number of nitriles is 1. The molecule has 2 N–H and O–H groups in total. The second-order valence-electron chi connectivity index (χ2n) is 3.91. The highest BCUT2D eigenvalue weighted by molar-refractivity contribution is 5.49. The van der Waals surface area contributed by atoms with E-state index in [0.29, 0.717) is 0 Å². The van der Waals surface area contributed by atoms with E-state index in [1.807, 2.05) is 19.1 Å². The summed E-state index contributed by atoms with van der Waals surface area (Å²) in [6.07, 6.45) is 3.29. The molecule has 0 saturated carbocycles. The largest absolute Gasteiger partial charge is 0.324 e. The lowest BCUT2D eigenvalue weighted by Gasteiger charge is -2.12. The van der Waals surface area contributed by atoms with Crippen LogP contribution in [0.15, 0.2) is 12.1 Å². The Balaban J connectivity index is 2.60. The molecule has 1 aromatic rings. The second-order valence-corrected chi connectivity index (χ2v) is 3.91. The molecular weight excluding hydrogens is 172 g/mol. The normalized spacial score (nSPS) is 16.1. The Bertz CT molecular complexity index is 400. The summed E-state index contributed by atoms with van der Waals surface area (Å²) in [7, 11) is 0. The van der Waals surface area contributed by atoms with Gasteiger partial charge in [0.15, 0.2) is 0 Å². The van der Waals surface area contributed by atoms with Gasteiger partial charge in [0.25, 0.3) is 0 Å². The number of benzene rings is 1. The number of nitrogens with two attached hydrogens (primary N) is 1. The van der Waals surface area contributed by atoms with Crippen LogP contribution in [0.4, 0.5) is 0 Å². The molecule has 1 aliphatic carbocycles. The zero-order chi connectivity index (χ0) is 10.1. The Labute approximate surface area is 84.3 Å². The summed E-state index contributed by atoms with van der Waals surface area (Å²) in [5.74, 6) is 0. The van der Waals surface area contributed by atoms with Crippen LogP contribution in [0.2, 0.25) is 0 Å². The van der Waals surface area contributed by atoms with Crippen LogP contribution < -0.4 is 5.73 Å². The van der Waals surface area contributed by atoms with Gasteiger partial charge in [0.05, 0.1) is 11.6 Å². The zero-order valence-corrected chi connectivity index (χ0v) is 8.38. The molecule has 1 aliphatic rings. The number of nitrogens with zero attached hydrogens (tertiary/aromatic N) is 1. The van der Waals surface area contributed by atoms with Crippen molar-refractivity contribution in [3.05, 3.63) is 34.4 Å². The summed E-state index contributed by atoms with van der Waals surface area (Å²) >= 11 is 0. The van der Waals surface area contributed by atoms with Crippen LogP contribution in [0.3, 0.4) is 0 Å². The second kappa shape index (κ2) is 3.43. The van der Waals surface area contributed by atoms with Crippen molar-refractivity contribution < 1.29 is 0 Å². The van der Waals surface area contributed by atoms with E-state index in [-0.39, 0.29) is 6.04 Å². The van der Waals surface area contributed by atoms with Crippen molar-refractivity contribution in [1.29, 1.82) is 5.26 Å². The van der Waals surface area contributed by atoms with Gasteiger partial charge in [-0.2, -0.15) is 5.26 Å². The minimum absolute atomic E-state index is 0.0783. The maximum atomic E-state index is 8.95. The molecule has 0 amide bonds. The Hall–Kier alpha value is -1.33. The van der Waals surface area contributed by atoms with Gasteiger partial charge in [0.1, 0.15) is 0 Å². The van der Waals surface area contributed by atoms with Gasteiger partial charge in [-0.25, -0.2) is 0 Å². The summed E-state index contributed by atoms with van der Waals surface area (Å²) in [6, 6.07) is 6.24. The summed E-state index contributed by atoms with van der Waals surface area (Å²) in [5.41, 5.74) is 10.5. The molecule has 0 unspecified atom stereocenters. The van der Waals surface area contributed by atoms with Crippen molar-refractivity contribution in [3.8, 4) is 6.07 Å². The maximum absolute atomic E-state index is 8.95. The lowest BCUT2D eigenvalue weighted by Crippen LogP contribution is -2.08. The van der Waals surface area contributed by atoms with Gasteiger partial charge in [-0.1, -0.05) is 6.07 Å². The maximum Gasteiger partial charge on any atom is 0.0994 e. The van der Waals surface area contributed by atoms with Gasteiger partial charge in [-0.3, -0.25) is 0 Å². The molecule has 0 fully saturated rings. The van der Waals surface area contributed by atoms with Crippen LogP contribution >= 0.6 is 0 Å². The van der Waals surface area contributed by atoms with Gasteiger partial charge in [0.2, 0.25) is 0 Å². The standard InChI is InChI=1S/C12H14N2/c1-8(14)10-6-5-9(7-13)11-3-2-4-12(10)11/h5-6,8H,2-4,14H2,1H3/t8-/m0/s1. The van der Waals surface area contributed by atoms with Gasteiger partial charge < -0.3 is 5.73 Å². The van der Waals surface area contributed by atoms with Crippen LogP contribution in [0.1, 0.15) is 41.6 Å². The van der Waals surface area contributed by atoms with Crippen molar-refractivity contribution in [2.75, 3.05) is 0 Å². The third kappa shape index (κ3) is 1.30. The van der Waals surface area contributed by atoms with E-state index in [1.165, 1.54) is 16.7 Å². The quantitative estimate of drug-likeness (QED) is 0.729. The van der Waals surface area contributed by atoms with Crippen molar-refractivity contribution in [2.24, 2.45) is 5.73 Å². The van der Waals surface area contributed by atoms with Gasteiger partial charge in [-0.05, 0) is 48.9 Å². The summed E-state index contributed by atoms with van der Waals surface area (Å²) in [4.78, 5) is 0. The van der Waals surface area contributed by atoms with Gasteiger partial charge >= 0.3 is 0 Å². The van der Waals surface area contributed by atoms with Crippen LogP contribution in [0.5, 0.6) is 0 Å². The average Bonchev–Trinajstić information content (AvgIpc) is 2.64. The number of hydrogen-bond acceptors (Lipinski definition) is 2. The third-order valence-electron chi connectivity index (χ3n) is 2.93. The lowest BCUT2D eigenvalue weighted by atomic mass is 9.95. The first-order valence-corrected chi connectivity index (χ1v) is 5.04. The number of hydrogen-bond donors (Lipinski definition) is 1. The smallest absolute Gasteiger partial charge is 0.0994 e. The van der Waals surface area contributed by atoms with E-state index in [9.17, 15) is 0 Å². The Morgan fingerprint density at radius 1 is 1.36 bits per heavy atom. The van der Waals surface area contributed by atoms with Crippen LogP contribution in [-0.4, -0.2) is 0 Å². The molecule has 14 heavy (non-hydrogen) atoms. The van der Waals surface area contributed by atoms with Crippen molar-refractivity contribution in [2.45, 2.75) is 32.2 Å². The van der Waals surface area contributed by atoms with Crippen molar-refractivity contribution >= 4 is 0 Å². The van der Waals surface area contributed by atoms with Crippen molar-refractivity contribution in [3.63, 3.8) is 0 Å². The van der Waals surface area contributed by atoms with Crippen LogP contribution in [0.25, 0.3) is 0 Å². The summed E-state index contributed by atoms with van der Waals surface area (Å²) in [5, 5.41) is 8.95. The fourth-order valence-corrected chi connectivity index (χ4v) is 2.27. The number of rotatable bonds is 1. The summed E-state index contributed by atoms with van der Waals surface area (Å²) < 4.78 is 0. The van der Waals surface area contributed by atoms with Gasteiger partial charge in [0, 0.05) is 6.04 Å². The Morgan fingerprint density at radius 3 is 2.71 bits per heavy atom. The topological polar surface area (TPSA) is 49.8 Å². The first-order valence-electron chi connectivity index (χ1n) is 5.04. The van der Waals surface area contributed by atoms with Crippen LogP contribution in [-0.2, 0) is 12.8 Å². The average molecular weight is 186 g/mol. The minimum atomic E-state index is 0.0783. The molecule has 0 aliphatic heterocycles. The fourth-order valence-electron chi connectivity index (χ4n) is 2.27. The summed E-state index contributed by atoms with van der Waals surface area (Å²) in [6.45, 7) is 2.00. The molecule has 2 nitrogen and oxygen atoms in total. The molecule has 0 heterocycles. The molecule has 1 aromatic carbocycles. The highest BCUT2D eigenvalue weighted by Gasteiger charge is 2.19. The van der Waals surface area contributed by atoms with E-state index < -0.39 is 0 Å². The van der Waals surface area contributed by atoms with E-state index in [1.54, 1.807) is 0 Å². The molecular formula is C12H14N2. The Kier molecular flexibility index (Phi) is 2.26. The SMILES string of the molecule is C[C@H](N)c1ccc(C#N)c2c1CCC2. The fraction of sp³-hybridized carbons (Fsp3) is 0.417. The van der Waals surface area contributed by atoms with E-state index in [0.717, 1.165) is 24.8 Å². The third-order valence-corrected chi connectivity index (χ3v) is 2.93. The molecule has 2 heteroatoms. The zero-order valence-electron chi connectivity index (χ0n) is 8.38. The van der Waals surface area contributed by atoms with E-state index >= 15 is 0 Å². The number of fused-ring (bicyclic) bond motifs is 1. The molecule has 0 saturated heterocycles. The molecule has 1 atom stereocenters. The lowest BCUT2D eigenvalue weighted by molar-refractivity contribution is 0.799. The molecule has 0 radical (unpaired) electrons. The minimum Gasteiger partial charge on any atom is -0.324 e. The highest BCUT2D eigenvalue weighted by atomic mass is 14.6. The Morgan fingerprint density at radius 2 is 2.07 bits per heavy atom. The monoisotopic (exact) mass is 186 g/mol. The first kappa shape index (κ1) is 9.23. The predicted octanol–water partition coefficient (Wildman–Crippen LogP) is 2.07. The van der Waals surface area contributed by atoms with Gasteiger partial charge in [-0.15, -0.1) is 0 Å². The molecule has 0 aromatic heterocycles. The highest BCUT2D eigenvalue weighted by Crippen LogP contribution is 2.30. The van der Waals surface area contributed by atoms with E-state index in [2.05, 4.69) is 6.07 Å². The first-order chi connectivity index (χ1) is 6.74. The molecule has 0 spiro atoms. The van der Waals surface area contributed by atoms with Crippen LogP contribution in [0, 0.1) is 11.3 Å². The van der Waals surface area contributed by atoms with E-state index in [4.69, 9.17) is 11.0 Å². The molecule has 0 bridgehead atoms.